The van der Waals surface area contributed by atoms with E-state index in [0.29, 0.717) is 18.9 Å². The number of benzene rings is 1. The lowest BCUT2D eigenvalue weighted by atomic mass is 9.99. The van der Waals surface area contributed by atoms with Crippen LogP contribution in [0.5, 0.6) is 0 Å². The molecule has 11 nitrogen and oxygen atoms in total. The summed E-state index contributed by atoms with van der Waals surface area (Å²) in [5.41, 5.74) is 1.45. The number of alkyl halides is 3. The first-order valence-corrected chi connectivity index (χ1v) is 13.7. The van der Waals surface area contributed by atoms with Crippen LogP contribution in [0.1, 0.15) is 35.6 Å². The highest BCUT2D eigenvalue weighted by Gasteiger charge is 2.35. The summed E-state index contributed by atoms with van der Waals surface area (Å²) in [6.45, 7) is 5.72. The predicted molar refractivity (Wildman–Crippen MR) is 132 cm³/mol. The Morgan fingerprint density at radius 2 is 2.00 bits per heavy atom. The van der Waals surface area contributed by atoms with Crippen molar-refractivity contribution < 1.29 is 35.9 Å². The molecular formula is C21H27F3N6O5S2. The van der Waals surface area contributed by atoms with Crippen molar-refractivity contribution in [3.05, 3.63) is 22.7 Å². The van der Waals surface area contributed by atoms with E-state index in [-0.39, 0.29) is 34.7 Å². The number of aryl methyl sites for hydroxylation is 1. The average molecular weight is 565 g/mol. The number of halogens is 3. The van der Waals surface area contributed by atoms with E-state index < -0.39 is 27.9 Å². The predicted octanol–water partition coefficient (Wildman–Crippen LogP) is 4.47. The van der Waals surface area contributed by atoms with Gasteiger partial charge in [-0.25, -0.2) is 13.2 Å². The molecule has 0 unspecified atom stereocenters. The van der Waals surface area contributed by atoms with Crippen LogP contribution in [-0.2, 0) is 25.9 Å². The molecule has 0 saturated carbocycles. The van der Waals surface area contributed by atoms with Gasteiger partial charge in [0.15, 0.2) is 5.75 Å². The third-order valence-corrected chi connectivity index (χ3v) is 7.00. The molecule has 1 aromatic heterocycles. The summed E-state index contributed by atoms with van der Waals surface area (Å²) >= 11 is 0.787. The Bertz CT molecular complexity index is 1230. The molecule has 0 bridgehead atoms. The standard InChI is InChI=1S/C21H27F3N6O5S2/c1-13(2)11-30-6-4-5-14-9-15(16(10-17(14)30)29-37(32,33)12-21(22,23)24)25-27-20-28-26-18(36-20)19(31)35-8-7-34-3/h9-10,13,29H,4-8,11-12H2,1-3H3. The van der Waals surface area contributed by atoms with Crippen LogP contribution in [0.25, 0.3) is 0 Å². The number of aromatic nitrogens is 2. The number of ether oxygens (including phenoxy) is 2. The van der Waals surface area contributed by atoms with Gasteiger partial charge in [0.1, 0.15) is 12.3 Å². The van der Waals surface area contributed by atoms with E-state index in [0.717, 1.165) is 35.6 Å². The van der Waals surface area contributed by atoms with E-state index in [2.05, 4.69) is 25.3 Å². The van der Waals surface area contributed by atoms with Crippen molar-refractivity contribution >= 4 is 49.5 Å². The van der Waals surface area contributed by atoms with Crippen molar-refractivity contribution in [2.24, 2.45) is 16.1 Å². The minimum absolute atomic E-state index is 0.00955. The van der Waals surface area contributed by atoms with Crippen LogP contribution in [-0.4, -0.2) is 69.9 Å². The number of methoxy groups -OCH3 is 1. The number of nitrogens with one attached hydrogen (secondary N) is 1. The molecule has 0 aliphatic carbocycles. The molecule has 204 valence electrons. The van der Waals surface area contributed by atoms with Gasteiger partial charge < -0.3 is 14.4 Å². The van der Waals surface area contributed by atoms with Gasteiger partial charge in [0.05, 0.1) is 12.3 Å². The molecule has 0 fully saturated rings. The first-order chi connectivity index (χ1) is 17.4. The number of rotatable bonds is 11. The summed E-state index contributed by atoms with van der Waals surface area (Å²) in [5, 5.41) is 15.3. The number of sulfonamides is 1. The number of carbonyl (C=O) groups excluding carboxylic acids is 1. The van der Waals surface area contributed by atoms with Gasteiger partial charge in [-0.05, 0) is 36.5 Å². The SMILES string of the molecule is COCCOC(=O)c1nnc(N=Nc2cc3c(cc2NS(=O)(=O)CC(F)(F)F)N(CC(C)C)CCC3)s1. The van der Waals surface area contributed by atoms with Gasteiger partial charge in [0, 0.05) is 25.9 Å². The van der Waals surface area contributed by atoms with E-state index in [4.69, 9.17) is 9.47 Å². The van der Waals surface area contributed by atoms with Crippen LogP contribution < -0.4 is 9.62 Å². The molecule has 1 aromatic carbocycles. The van der Waals surface area contributed by atoms with Crippen molar-refractivity contribution in [3.63, 3.8) is 0 Å². The summed E-state index contributed by atoms with van der Waals surface area (Å²) in [7, 11) is -3.32. The number of hydrogen-bond acceptors (Lipinski definition) is 11. The van der Waals surface area contributed by atoms with E-state index in [1.165, 1.54) is 13.2 Å². The van der Waals surface area contributed by atoms with Gasteiger partial charge in [-0.2, -0.15) is 13.2 Å². The summed E-state index contributed by atoms with van der Waals surface area (Å²) in [4.78, 5) is 14.1. The number of fused-ring (bicyclic) bond motifs is 1. The first kappa shape index (κ1) is 28.7. The first-order valence-electron chi connectivity index (χ1n) is 11.3. The summed E-state index contributed by atoms with van der Waals surface area (Å²) < 4.78 is 74.8. The highest BCUT2D eigenvalue weighted by molar-refractivity contribution is 7.92. The minimum Gasteiger partial charge on any atom is -0.458 e. The van der Waals surface area contributed by atoms with Gasteiger partial charge in [-0.1, -0.05) is 25.2 Å². The normalized spacial score (nSPS) is 14.3. The Labute approximate surface area is 216 Å². The van der Waals surface area contributed by atoms with Crippen LogP contribution in [0.2, 0.25) is 0 Å². The number of anilines is 2. The van der Waals surface area contributed by atoms with E-state index in [1.54, 1.807) is 6.07 Å². The van der Waals surface area contributed by atoms with Gasteiger partial charge in [0.2, 0.25) is 15.0 Å². The van der Waals surface area contributed by atoms with Crippen LogP contribution in [0.3, 0.4) is 0 Å². The highest BCUT2D eigenvalue weighted by atomic mass is 32.2. The second-order valence-electron chi connectivity index (χ2n) is 8.64. The average Bonchev–Trinajstić information content (AvgIpc) is 3.25. The number of esters is 1. The zero-order valence-electron chi connectivity index (χ0n) is 20.4. The van der Waals surface area contributed by atoms with Gasteiger partial charge in [0.25, 0.3) is 5.13 Å². The molecule has 37 heavy (non-hydrogen) atoms. The summed E-state index contributed by atoms with van der Waals surface area (Å²) in [6.07, 6.45) is -3.40. The fourth-order valence-electron chi connectivity index (χ4n) is 3.62. The molecule has 0 atom stereocenters. The maximum Gasteiger partial charge on any atom is 0.404 e. The number of hydrogen-bond donors (Lipinski definition) is 1. The second kappa shape index (κ2) is 12.1. The van der Waals surface area contributed by atoms with Crippen molar-refractivity contribution in [2.75, 3.05) is 48.8 Å². The highest BCUT2D eigenvalue weighted by Crippen LogP contribution is 2.39. The number of nitrogens with zero attached hydrogens (tertiary/aromatic N) is 5. The zero-order valence-corrected chi connectivity index (χ0v) is 22.0. The number of azo groups is 1. The molecule has 0 spiro atoms. The topological polar surface area (TPSA) is 135 Å². The molecule has 1 N–H and O–H groups in total. The molecular weight excluding hydrogens is 537 g/mol. The van der Waals surface area contributed by atoms with E-state index in [1.807, 2.05) is 18.6 Å². The van der Waals surface area contributed by atoms with Crippen LogP contribution in [0.4, 0.5) is 35.4 Å². The van der Waals surface area contributed by atoms with Crippen molar-refractivity contribution in [1.29, 1.82) is 0 Å². The third-order valence-electron chi connectivity index (χ3n) is 4.97. The Hall–Kier alpha value is -2.85. The molecule has 3 rings (SSSR count). The largest absolute Gasteiger partial charge is 0.458 e. The van der Waals surface area contributed by atoms with E-state index in [9.17, 15) is 26.4 Å². The molecule has 1 aliphatic rings. The smallest absolute Gasteiger partial charge is 0.404 e. The Kier molecular flexibility index (Phi) is 9.41. The third kappa shape index (κ3) is 8.60. The maximum absolute atomic E-state index is 12.8. The zero-order chi connectivity index (χ0) is 27.2. The van der Waals surface area contributed by atoms with Crippen molar-refractivity contribution in [3.8, 4) is 0 Å². The minimum atomic E-state index is -4.92. The lowest BCUT2D eigenvalue weighted by Crippen LogP contribution is -2.33. The Balaban J connectivity index is 1.93. The van der Waals surface area contributed by atoms with Gasteiger partial charge in [-0.15, -0.1) is 20.4 Å². The lowest BCUT2D eigenvalue weighted by Gasteiger charge is -2.33. The second-order valence-corrected chi connectivity index (χ2v) is 11.3. The molecule has 2 heterocycles. The fraction of sp³-hybridized carbons (Fsp3) is 0.571. The van der Waals surface area contributed by atoms with Crippen LogP contribution >= 0.6 is 11.3 Å². The van der Waals surface area contributed by atoms with Gasteiger partial charge in [-0.3, -0.25) is 4.72 Å². The Morgan fingerprint density at radius 1 is 1.24 bits per heavy atom. The molecule has 0 amide bonds. The Morgan fingerprint density at radius 3 is 2.68 bits per heavy atom. The molecule has 2 aromatic rings. The molecule has 16 heteroatoms. The van der Waals surface area contributed by atoms with Gasteiger partial charge >= 0.3 is 12.1 Å². The van der Waals surface area contributed by atoms with Crippen molar-refractivity contribution in [2.45, 2.75) is 32.9 Å². The monoisotopic (exact) mass is 564 g/mol. The molecule has 1 aliphatic heterocycles. The summed E-state index contributed by atoms with van der Waals surface area (Å²) in [5.74, 6) is -2.46. The maximum atomic E-state index is 12.8. The number of carbonyl (C=O) groups is 1. The van der Waals surface area contributed by atoms with E-state index >= 15 is 0 Å². The lowest BCUT2D eigenvalue weighted by molar-refractivity contribution is -0.106. The molecule has 0 saturated heterocycles. The molecule has 0 radical (unpaired) electrons. The fourth-order valence-corrected chi connectivity index (χ4v) is 5.19. The van der Waals surface area contributed by atoms with Crippen LogP contribution in [0, 0.1) is 5.92 Å². The van der Waals surface area contributed by atoms with Crippen molar-refractivity contribution in [1.82, 2.24) is 10.2 Å². The quantitative estimate of drug-likeness (QED) is 0.240. The van der Waals surface area contributed by atoms with Crippen LogP contribution in [0.15, 0.2) is 22.4 Å². The summed E-state index contributed by atoms with van der Waals surface area (Å²) in [6, 6.07) is 3.08.